The Kier molecular flexibility index (Phi) is 11.4. The van der Waals surface area contributed by atoms with Crippen molar-refractivity contribution in [2.75, 3.05) is 6.54 Å². The molecule has 0 radical (unpaired) electrons. The lowest BCUT2D eigenvalue weighted by Crippen LogP contribution is -1.97. The van der Waals surface area contributed by atoms with Crippen molar-refractivity contribution in [1.29, 1.82) is 0 Å². The molecule has 0 heterocycles. The standard InChI is InChI=1S/C12H25N/c1-2-3-4-5-6-7-8-9-10-11-12-13/h3-4H,2,5-13H2,1H3/b4-3+. The van der Waals surface area contributed by atoms with E-state index in [2.05, 4.69) is 19.1 Å². The molecule has 0 saturated heterocycles. The Labute approximate surface area is 83.4 Å². The normalized spacial score (nSPS) is 11.2. The second kappa shape index (κ2) is 11.7. The summed E-state index contributed by atoms with van der Waals surface area (Å²) >= 11 is 0. The predicted molar refractivity (Wildman–Crippen MR) is 60.8 cm³/mol. The molecule has 0 fully saturated rings. The van der Waals surface area contributed by atoms with Crippen molar-refractivity contribution in [3.05, 3.63) is 12.2 Å². The summed E-state index contributed by atoms with van der Waals surface area (Å²) in [7, 11) is 0. The van der Waals surface area contributed by atoms with Crippen molar-refractivity contribution in [3.8, 4) is 0 Å². The number of allylic oxidation sites excluding steroid dienone is 2. The summed E-state index contributed by atoms with van der Waals surface area (Å²) in [6.45, 7) is 3.04. The molecule has 0 aromatic carbocycles. The number of nitrogens with two attached hydrogens (primary N) is 1. The highest BCUT2D eigenvalue weighted by atomic mass is 14.5. The Hall–Kier alpha value is -0.300. The van der Waals surface area contributed by atoms with Crippen LogP contribution in [0.25, 0.3) is 0 Å². The monoisotopic (exact) mass is 183 g/mol. The van der Waals surface area contributed by atoms with Gasteiger partial charge in [-0.25, -0.2) is 0 Å². The van der Waals surface area contributed by atoms with Crippen LogP contribution in [0.2, 0.25) is 0 Å². The number of hydrogen-bond donors (Lipinski definition) is 1. The zero-order chi connectivity index (χ0) is 9.78. The molecule has 0 spiro atoms. The summed E-state index contributed by atoms with van der Waals surface area (Å²) in [5.74, 6) is 0. The molecule has 0 aliphatic carbocycles. The summed E-state index contributed by atoms with van der Waals surface area (Å²) in [6.07, 6.45) is 15.0. The van der Waals surface area contributed by atoms with E-state index in [0.29, 0.717) is 0 Å². The first-order chi connectivity index (χ1) is 6.41. The highest BCUT2D eigenvalue weighted by Gasteiger charge is 1.88. The molecule has 0 atom stereocenters. The van der Waals surface area contributed by atoms with Crippen molar-refractivity contribution in [1.82, 2.24) is 0 Å². The fourth-order valence-corrected chi connectivity index (χ4v) is 1.40. The van der Waals surface area contributed by atoms with Gasteiger partial charge in [-0.2, -0.15) is 0 Å². The van der Waals surface area contributed by atoms with Gasteiger partial charge in [0.1, 0.15) is 0 Å². The maximum Gasteiger partial charge on any atom is -0.00773 e. The predicted octanol–water partition coefficient (Wildman–Crippen LogP) is 3.64. The molecule has 0 unspecified atom stereocenters. The second-order valence-electron chi connectivity index (χ2n) is 3.58. The van der Waals surface area contributed by atoms with Crippen LogP contribution >= 0.6 is 0 Å². The summed E-state index contributed by atoms with van der Waals surface area (Å²) in [6, 6.07) is 0. The van der Waals surface area contributed by atoms with E-state index in [0.717, 1.165) is 6.54 Å². The van der Waals surface area contributed by atoms with Gasteiger partial charge in [0, 0.05) is 0 Å². The first kappa shape index (κ1) is 12.7. The summed E-state index contributed by atoms with van der Waals surface area (Å²) in [4.78, 5) is 0. The molecular weight excluding hydrogens is 158 g/mol. The van der Waals surface area contributed by atoms with Gasteiger partial charge in [0.05, 0.1) is 0 Å². The third-order valence-electron chi connectivity index (χ3n) is 2.23. The largest absolute Gasteiger partial charge is 0.330 e. The van der Waals surface area contributed by atoms with Crippen molar-refractivity contribution >= 4 is 0 Å². The second-order valence-corrected chi connectivity index (χ2v) is 3.58. The lowest BCUT2D eigenvalue weighted by atomic mass is 10.1. The molecule has 0 aromatic rings. The molecule has 0 amide bonds. The highest BCUT2D eigenvalue weighted by molar-refractivity contribution is 4.79. The van der Waals surface area contributed by atoms with Gasteiger partial charge < -0.3 is 5.73 Å². The molecule has 1 nitrogen and oxygen atoms in total. The molecule has 2 N–H and O–H groups in total. The smallest absolute Gasteiger partial charge is 0.00773 e. The van der Waals surface area contributed by atoms with Crippen LogP contribution in [0, 0.1) is 0 Å². The van der Waals surface area contributed by atoms with E-state index >= 15 is 0 Å². The zero-order valence-electron chi connectivity index (χ0n) is 9.10. The fourth-order valence-electron chi connectivity index (χ4n) is 1.40. The van der Waals surface area contributed by atoms with Crippen LogP contribution in [0.1, 0.15) is 58.3 Å². The van der Waals surface area contributed by atoms with Gasteiger partial charge in [0.15, 0.2) is 0 Å². The molecule has 1 heteroatoms. The minimum absolute atomic E-state index is 0.860. The van der Waals surface area contributed by atoms with Crippen LogP contribution in [-0.4, -0.2) is 6.54 Å². The first-order valence-electron chi connectivity index (χ1n) is 5.77. The lowest BCUT2D eigenvalue weighted by molar-refractivity contribution is 0.600. The highest BCUT2D eigenvalue weighted by Crippen LogP contribution is 2.07. The van der Waals surface area contributed by atoms with Gasteiger partial charge >= 0.3 is 0 Å². The van der Waals surface area contributed by atoms with E-state index < -0.39 is 0 Å². The Morgan fingerprint density at radius 3 is 2.08 bits per heavy atom. The van der Waals surface area contributed by atoms with Crippen LogP contribution in [0.15, 0.2) is 12.2 Å². The lowest BCUT2D eigenvalue weighted by Gasteiger charge is -1.98. The molecule has 0 aliphatic rings. The maximum absolute atomic E-state index is 5.42. The van der Waals surface area contributed by atoms with Gasteiger partial charge in [-0.05, 0) is 32.2 Å². The number of unbranched alkanes of at least 4 members (excludes halogenated alkanes) is 6. The Morgan fingerprint density at radius 1 is 0.846 bits per heavy atom. The number of hydrogen-bond acceptors (Lipinski definition) is 1. The molecule has 0 aliphatic heterocycles. The van der Waals surface area contributed by atoms with Crippen LogP contribution < -0.4 is 5.73 Å². The average molecular weight is 183 g/mol. The van der Waals surface area contributed by atoms with Crippen molar-refractivity contribution in [2.45, 2.75) is 58.3 Å². The first-order valence-corrected chi connectivity index (χ1v) is 5.77. The molecule has 0 rings (SSSR count). The van der Waals surface area contributed by atoms with Gasteiger partial charge in [-0.3, -0.25) is 0 Å². The number of rotatable bonds is 9. The van der Waals surface area contributed by atoms with Crippen LogP contribution in [-0.2, 0) is 0 Å². The maximum atomic E-state index is 5.42. The minimum atomic E-state index is 0.860. The van der Waals surface area contributed by atoms with E-state index in [-0.39, 0.29) is 0 Å². The Bertz CT molecular complexity index is 108. The summed E-state index contributed by atoms with van der Waals surface area (Å²) in [5, 5.41) is 0. The molecule has 78 valence electrons. The quantitative estimate of drug-likeness (QED) is 0.428. The van der Waals surface area contributed by atoms with Crippen LogP contribution in [0.3, 0.4) is 0 Å². The van der Waals surface area contributed by atoms with Crippen molar-refractivity contribution in [3.63, 3.8) is 0 Å². The Morgan fingerprint density at radius 2 is 1.46 bits per heavy atom. The molecule has 13 heavy (non-hydrogen) atoms. The molecule has 0 aromatic heterocycles. The minimum Gasteiger partial charge on any atom is -0.330 e. The van der Waals surface area contributed by atoms with Gasteiger partial charge in [-0.15, -0.1) is 0 Å². The van der Waals surface area contributed by atoms with Crippen molar-refractivity contribution < 1.29 is 0 Å². The average Bonchev–Trinajstić information content (AvgIpc) is 2.16. The van der Waals surface area contributed by atoms with Gasteiger partial charge in [0.2, 0.25) is 0 Å². The summed E-state index contributed by atoms with van der Waals surface area (Å²) < 4.78 is 0. The Balaban J connectivity index is 2.87. The van der Waals surface area contributed by atoms with Gasteiger partial charge in [0.25, 0.3) is 0 Å². The van der Waals surface area contributed by atoms with E-state index in [1.54, 1.807) is 0 Å². The third kappa shape index (κ3) is 11.7. The van der Waals surface area contributed by atoms with E-state index in [1.165, 1.54) is 51.4 Å². The van der Waals surface area contributed by atoms with E-state index in [9.17, 15) is 0 Å². The van der Waals surface area contributed by atoms with Crippen LogP contribution in [0.5, 0.6) is 0 Å². The summed E-state index contributed by atoms with van der Waals surface area (Å²) in [5.41, 5.74) is 5.42. The molecule has 0 bridgehead atoms. The molecule has 0 saturated carbocycles. The van der Waals surface area contributed by atoms with E-state index in [1.807, 2.05) is 0 Å². The van der Waals surface area contributed by atoms with Crippen molar-refractivity contribution in [2.24, 2.45) is 5.73 Å². The SMILES string of the molecule is CC/C=C/CCCCCCCCN. The van der Waals surface area contributed by atoms with E-state index in [4.69, 9.17) is 5.73 Å². The van der Waals surface area contributed by atoms with Gasteiger partial charge in [-0.1, -0.05) is 44.8 Å². The molecular formula is C12H25N. The third-order valence-corrected chi connectivity index (χ3v) is 2.23. The zero-order valence-corrected chi connectivity index (χ0v) is 9.10. The topological polar surface area (TPSA) is 26.0 Å². The van der Waals surface area contributed by atoms with Crippen LogP contribution in [0.4, 0.5) is 0 Å². The fraction of sp³-hybridized carbons (Fsp3) is 0.833.